The Labute approximate surface area is 183 Å². The van der Waals surface area contributed by atoms with Crippen molar-refractivity contribution in [2.24, 2.45) is 0 Å². The van der Waals surface area contributed by atoms with E-state index in [-0.39, 0.29) is 0 Å². The quantitative estimate of drug-likeness (QED) is 0.318. The SMILES string of the molecule is C1=CC2c3c(ccc4cc(CCc5ccc6sccc6c5)sc34)C2C2=C1CCS2. The summed E-state index contributed by atoms with van der Waals surface area (Å²) >= 11 is 5.97. The normalized spacial score (nSPS) is 22.1. The van der Waals surface area contributed by atoms with Crippen LogP contribution in [-0.2, 0) is 12.8 Å². The van der Waals surface area contributed by atoms with E-state index < -0.39 is 0 Å². The summed E-state index contributed by atoms with van der Waals surface area (Å²) in [4.78, 5) is 3.20. The van der Waals surface area contributed by atoms with Gasteiger partial charge in [0.2, 0.25) is 0 Å². The molecule has 2 aromatic heterocycles. The lowest BCUT2D eigenvalue weighted by atomic mass is 9.65. The van der Waals surface area contributed by atoms with Gasteiger partial charge in [0.15, 0.2) is 0 Å². The van der Waals surface area contributed by atoms with E-state index >= 15 is 0 Å². The summed E-state index contributed by atoms with van der Waals surface area (Å²) in [6.45, 7) is 0. The predicted octanol–water partition coefficient (Wildman–Crippen LogP) is 8.04. The van der Waals surface area contributed by atoms with E-state index in [1.54, 1.807) is 26.3 Å². The highest BCUT2D eigenvalue weighted by molar-refractivity contribution is 8.03. The van der Waals surface area contributed by atoms with Crippen LogP contribution in [0.4, 0.5) is 0 Å². The van der Waals surface area contributed by atoms with Gasteiger partial charge in [-0.25, -0.2) is 0 Å². The van der Waals surface area contributed by atoms with Crippen molar-refractivity contribution in [3.63, 3.8) is 0 Å². The third-order valence-electron chi connectivity index (χ3n) is 6.75. The zero-order valence-corrected chi connectivity index (χ0v) is 18.4. The molecule has 0 N–H and O–H groups in total. The average molecular weight is 429 g/mol. The number of hydrogen-bond acceptors (Lipinski definition) is 3. The van der Waals surface area contributed by atoms with Gasteiger partial charge in [0.1, 0.15) is 0 Å². The average Bonchev–Trinajstić information content (AvgIpc) is 3.46. The fourth-order valence-electron chi connectivity index (χ4n) is 5.31. The molecular weight excluding hydrogens is 408 g/mol. The van der Waals surface area contributed by atoms with E-state index in [4.69, 9.17) is 0 Å². The fourth-order valence-corrected chi connectivity index (χ4v) is 8.69. The summed E-state index contributed by atoms with van der Waals surface area (Å²) in [5.41, 5.74) is 6.29. The minimum Gasteiger partial charge on any atom is -0.144 e. The van der Waals surface area contributed by atoms with E-state index in [1.165, 1.54) is 38.1 Å². The Morgan fingerprint density at radius 1 is 0.966 bits per heavy atom. The lowest BCUT2D eigenvalue weighted by Gasteiger charge is -2.41. The first kappa shape index (κ1) is 16.9. The van der Waals surface area contributed by atoms with Crippen LogP contribution in [0.2, 0.25) is 0 Å². The Balaban J connectivity index is 1.20. The first-order valence-corrected chi connectivity index (χ1v) is 13.1. The number of fused-ring (bicyclic) bond motifs is 8. The van der Waals surface area contributed by atoms with E-state index in [0.717, 1.165) is 12.8 Å². The molecule has 3 heterocycles. The molecule has 0 saturated heterocycles. The highest BCUT2D eigenvalue weighted by Crippen LogP contribution is 2.61. The highest BCUT2D eigenvalue weighted by atomic mass is 32.2. The van der Waals surface area contributed by atoms with Gasteiger partial charge >= 0.3 is 0 Å². The van der Waals surface area contributed by atoms with Gasteiger partial charge in [0.25, 0.3) is 0 Å². The second kappa shape index (κ2) is 6.34. The maximum absolute atomic E-state index is 2.49. The molecule has 1 aliphatic heterocycles. The van der Waals surface area contributed by atoms with E-state index in [2.05, 4.69) is 71.8 Å². The lowest BCUT2D eigenvalue weighted by Crippen LogP contribution is -2.25. The van der Waals surface area contributed by atoms with Crippen LogP contribution >= 0.6 is 34.4 Å². The van der Waals surface area contributed by atoms with Crippen molar-refractivity contribution in [1.29, 1.82) is 0 Å². The van der Waals surface area contributed by atoms with Gasteiger partial charge in [-0.3, -0.25) is 0 Å². The minimum atomic E-state index is 0.616. The summed E-state index contributed by atoms with van der Waals surface area (Å²) in [7, 11) is 0. The standard InChI is InChI=1S/C26H20S3/c1(15-2-8-22-17(13-15)10-11-27-22)5-19-14-18-4-7-21-23-20(24(21)26(18)29-19)6-3-16-9-12-28-25(16)23/h2-4,6-8,10-11,13-14,20,23H,1,5,9,12H2. The molecule has 4 aromatic rings. The number of rotatable bonds is 3. The Hall–Kier alpha value is -1.81. The number of benzene rings is 2. The van der Waals surface area contributed by atoms with Crippen LogP contribution in [0.5, 0.6) is 0 Å². The zero-order valence-electron chi connectivity index (χ0n) is 16.0. The lowest BCUT2D eigenvalue weighted by molar-refractivity contribution is 0.633. The third-order valence-corrected chi connectivity index (χ3v) is 10.1. The summed E-state index contributed by atoms with van der Waals surface area (Å²) < 4.78 is 2.94. The van der Waals surface area contributed by atoms with Gasteiger partial charge in [0.05, 0.1) is 0 Å². The van der Waals surface area contributed by atoms with Crippen molar-refractivity contribution in [1.82, 2.24) is 0 Å². The number of thioether (sulfide) groups is 1. The summed E-state index contributed by atoms with van der Waals surface area (Å²) in [6.07, 6.45) is 8.44. The van der Waals surface area contributed by atoms with Crippen molar-refractivity contribution < 1.29 is 0 Å². The van der Waals surface area contributed by atoms with Crippen molar-refractivity contribution in [3.05, 3.63) is 92.0 Å². The molecule has 0 fully saturated rings. The van der Waals surface area contributed by atoms with E-state index in [0.29, 0.717) is 11.8 Å². The third kappa shape index (κ3) is 2.51. The van der Waals surface area contributed by atoms with Gasteiger partial charge < -0.3 is 0 Å². The maximum Gasteiger partial charge on any atom is 0.0387 e. The Morgan fingerprint density at radius 3 is 2.97 bits per heavy atom. The number of allylic oxidation sites excluding steroid dienone is 4. The van der Waals surface area contributed by atoms with Crippen molar-refractivity contribution in [3.8, 4) is 0 Å². The van der Waals surface area contributed by atoms with Crippen molar-refractivity contribution in [2.75, 3.05) is 5.75 Å². The topological polar surface area (TPSA) is 0 Å². The molecule has 142 valence electrons. The number of thiophene rings is 2. The molecule has 0 spiro atoms. The molecule has 0 saturated carbocycles. The molecule has 0 nitrogen and oxygen atoms in total. The van der Waals surface area contributed by atoms with Gasteiger partial charge in [-0.2, -0.15) is 0 Å². The molecule has 0 amide bonds. The Bertz CT molecular complexity index is 1350. The molecule has 29 heavy (non-hydrogen) atoms. The second-order valence-corrected chi connectivity index (χ2v) is 11.6. The van der Waals surface area contributed by atoms with Crippen LogP contribution in [0.3, 0.4) is 0 Å². The monoisotopic (exact) mass is 428 g/mol. The smallest absolute Gasteiger partial charge is 0.0387 e. The van der Waals surface area contributed by atoms with Gasteiger partial charge in [-0.05, 0) is 80.8 Å². The fraction of sp³-hybridized carbons (Fsp3) is 0.231. The minimum absolute atomic E-state index is 0.616. The molecule has 0 radical (unpaired) electrons. The van der Waals surface area contributed by atoms with Crippen LogP contribution in [-0.4, -0.2) is 5.75 Å². The van der Waals surface area contributed by atoms with Crippen LogP contribution in [0.15, 0.2) is 70.5 Å². The van der Waals surface area contributed by atoms with Crippen molar-refractivity contribution >= 4 is 54.6 Å². The molecule has 3 aliphatic rings. The van der Waals surface area contributed by atoms with Gasteiger partial charge in [-0.1, -0.05) is 36.4 Å². The number of hydrogen-bond donors (Lipinski definition) is 0. The summed E-state index contributed by atoms with van der Waals surface area (Å²) in [5.74, 6) is 2.55. The van der Waals surface area contributed by atoms with Crippen LogP contribution in [0, 0.1) is 0 Å². The van der Waals surface area contributed by atoms with Crippen molar-refractivity contribution in [2.45, 2.75) is 31.1 Å². The number of aryl methyl sites for hydroxylation is 2. The van der Waals surface area contributed by atoms with Crippen LogP contribution in [0.25, 0.3) is 20.2 Å². The molecule has 7 rings (SSSR count). The maximum atomic E-state index is 2.49. The summed E-state index contributed by atoms with van der Waals surface area (Å²) in [6, 6.07) is 16.4. The van der Waals surface area contributed by atoms with Crippen LogP contribution < -0.4 is 0 Å². The Kier molecular flexibility index (Phi) is 3.70. The second-order valence-electron chi connectivity index (χ2n) is 8.34. The molecule has 2 unspecified atom stereocenters. The molecule has 2 aliphatic carbocycles. The first-order chi connectivity index (χ1) is 14.3. The van der Waals surface area contributed by atoms with Gasteiger partial charge in [0, 0.05) is 31.9 Å². The predicted molar refractivity (Wildman–Crippen MR) is 130 cm³/mol. The zero-order chi connectivity index (χ0) is 18.9. The van der Waals surface area contributed by atoms with E-state index in [9.17, 15) is 0 Å². The molecule has 0 bridgehead atoms. The molecule has 2 atom stereocenters. The Morgan fingerprint density at radius 2 is 1.97 bits per heavy atom. The molecule has 3 heteroatoms. The molecular formula is C26H20S3. The van der Waals surface area contributed by atoms with E-state index in [1.807, 2.05) is 22.7 Å². The van der Waals surface area contributed by atoms with Gasteiger partial charge in [-0.15, -0.1) is 34.4 Å². The van der Waals surface area contributed by atoms with Crippen LogP contribution in [0.1, 0.15) is 39.8 Å². The first-order valence-electron chi connectivity index (χ1n) is 10.4. The summed E-state index contributed by atoms with van der Waals surface area (Å²) in [5, 5.41) is 5.02. The highest BCUT2D eigenvalue weighted by Gasteiger charge is 2.43. The largest absolute Gasteiger partial charge is 0.144 e. The molecule has 2 aromatic carbocycles.